The molecule has 0 unspecified atom stereocenters. The summed E-state index contributed by atoms with van der Waals surface area (Å²) in [5.41, 5.74) is 0.924. The monoisotopic (exact) mass is 455 g/mol. The summed E-state index contributed by atoms with van der Waals surface area (Å²) >= 11 is 0. The second kappa shape index (κ2) is 10.0. The third kappa shape index (κ3) is 4.69. The number of aliphatic hydroxyl groups excluding tert-OH is 1. The summed E-state index contributed by atoms with van der Waals surface area (Å²) in [6.07, 6.45) is 2.07. The number of carbonyl (C=O) groups excluding carboxylic acids is 3. The number of benzene rings is 1. The molecule has 0 spiro atoms. The van der Waals surface area contributed by atoms with Gasteiger partial charge in [-0.3, -0.25) is 9.59 Å². The van der Waals surface area contributed by atoms with Gasteiger partial charge in [-0.25, -0.2) is 4.79 Å². The van der Waals surface area contributed by atoms with E-state index < -0.39 is 29.5 Å². The third-order valence-corrected chi connectivity index (χ3v) is 6.07. The molecule has 1 fully saturated rings. The maximum atomic E-state index is 13.2. The predicted molar refractivity (Wildman–Crippen MR) is 116 cm³/mol. The zero-order valence-electron chi connectivity index (χ0n) is 18.4. The van der Waals surface area contributed by atoms with Crippen molar-refractivity contribution in [3.05, 3.63) is 70.9 Å². The molecule has 0 radical (unpaired) electrons. The Balaban J connectivity index is 1.61. The summed E-state index contributed by atoms with van der Waals surface area (Å²) in [5, 5.41) is 10.7. The van der Waals surface area contributed by atoms with Crippen LogP contribution in [0.25, 0.3) is 0 Å². The number of ether oxygens (including phenoxy) is 2. The fourth-order valence-electron chi connectivity index (χ4n) is 4.33. The van der Waals surface area contributed by atoms with Crippen molar-refractivity contribution in [2.45, 2.75) is 12.5 Å². The number of carbonyl (C=O) groups is 3. The topological polar surface area (TPSA) is 111 Å². The van der Waals surface area contributed by atoms with Gasteiger partial charge in [-0.1, -0.05) is 12.1 Å². The fraction of sp³-hybridized carbons (Fsp3) is 0.375. The highest BCUT2D eigenvalue weighted by molar-refractivity contribution is 6.15. The number of esters is 1. The second-order valence-corrected chi connectivity index (χ2v) is 8.05. The van der Waals surface area contributed by atoms with Crippen LogP contribution in [0.2, 0.25) is 0 Å². The molecule has 1 saturated heterocycles. The number of ketones is 1. The first-order valence-electron chi connectivity index (χ1n) is 10.9. The van der Waals surface area contributed by atoms with Crippen LogP contribution < -0.4 is 4.90 Å². The molecule has 3 heterocycles. The molecular weight excluding hydrogens is 428 g/mol. The lowest BCUT2D eigenvalue weighted by Crippen LogP contribution is -3.14. The third-order valence-electron chi connectivity index (χ3n) is 6.07. The van der Waals surface area contributed by atoms with Crippen LogP contribution in [0, 0.1) is 0 Å². The Labute approximate surface area is 191 Å². The molecule has 0 aliphatic carbocycles. The van der Waals surface area contributed by atoms with Crippen molar-refractivity contribution in [3.63, 3.8) is 0 Å². The van der Waals surface area contributed by atoms with E-state index in [9.17, 15) is 19.5 Å². The average molecular weight is 455 g/mol. The second-order valence-electron chi connectivity index (χ2n) is 8.05. The smallest absolute Gasteiger partial charge is 0.337 e. The number of morpholine rings is 1. The van der Waals surface area contributed by atoms with Gasteiger partial charge in [-0.15, -0.1) is 0 Å². The van der Waals surface area contributed by atoms with Gasteiger partial charge in [0.15, 0.2) is 11.5 Å². The minimum absolute atomic E-state index is 0.0283. The van der Waals surface area contributed by atoms with E-state index >= 15 is 0 Å². The molecule has 9 nitrogen and oxygen atoms in total. The lowest BCUT2D eigenvalue weighted by atomic mass is 9.94. The number of furan rings is 1. The number of Topliss-reactive ketones (excluding diaryl/α,β-unsaturated/α-hetero) is 1. The molecule has 33 heavy (non-hydrogen) atoms. The van der Waals surface area contributed by atoms with Crippen molar-refractivity contribution >= 4 is 17.7 Å². The van der Waals surface area contributed by atoms with Gasteiger partial charge in [0.25, 0.3) is 5.91 Å². The first-order valence-corrected chi connectivity index (χ1v) is 10.9. The lowest BCUT2D eigenvalue weighted by Gasteiger charge is -2.28. The summed E-state index contributed by atoms with van der Waals surface area (Å²) in [6, 6.07) is 8.76. The minimum Gasteiger partial charge on any atom is -0.503 e. The molecule has 1 aromatic heterocycles. The van der Waals surface area contributed by atoms with Gasteiger partial charge >= 0.3 is 5.97 Å². The molecule has 9 heteroatoms. The fourth-order valence-corrected chi connectivity index (χ4v) is 4.33. The van der Waals surface area contributed by atoms with Crippen LogP contribution in [-0.4, -0.2) is 74.2 Å². The van der Waals surface area contributed by atoms with Gasteiger partial charge in [0.2, 0.25) is 5.78 Å². The SMILES string of the molecule is COC(=O)c1ccc([C@@H]2C(C(=O)c3ccco3)=C(O)C(=O)N2CCC[NH+]2CCOCC2)cc1. The summed E-state index contributed by atoms with van der Waals surface area (Å²) < 4.78 is 15.4. The number of hydrogen-bond donors (Lipinski definition) is 2. The van der Waals surface area contributed by atoms with E-state index in [0.29, 0.717) is 24.1 Å². The highest BCUT2D eigenvalue weighted by Gasteiger charge is 2.44. The molecule has 2 aliphatic heterocycles. The maximum absolute atomic E-state index is 13.2. The number of methoxy groups -OCH3 is 1. The first-order chi connectivity index (χ1) is 16.0. The predicted octanol–water partition coefficient (Wildman–Crippen LogP) is 0.950. The Bertz CT molecular complexity index is 1040. The molecule has 2 N–H and O–H groups in total. The molecule has 1 amide bonds. The summed E-state index contributed by atoms with van der Waals surface area (Å²) in [6.45, 7) is 4.49. The molecule has 0 saturated carbocycles. The lowest BCUT2D eigenvalue weighted by molar-refractivity contribution is -0.908. The van der Waals surface area contributed by atoms with Gasteiger partial charge in [0.05, 0.1) is 50.3 Å². The largest absolute Gasteiger partial charge is 0.503 e. The van der Waals surface area contributed by atoms with Gasteiger partial charge in [0.1, 0.15) is 13.1 Å². The van der Waals surface area contributed by atoms with E-state index in [1.165, 1.54) is 29.2 Å². The van der Waals surface area contributed by atoms with Crippen LogP contribution >= 0.6 is 0 Å². The van der Waals surface area contributed by atoms with Crippen molar-refractivity contribution in [3.8, 4) is 0 Å². The highest BCUT2D eigenvalue weighted by Crippen LogP contribution is 2.39. The molecular formula is C24H27N2O7+. The van der Waals surface area contributed by atoms with Crippen LogP contribution in [0.5, 0.6) is 0 Å². The van der Waals surface area contributed by atoms with E-state index in [0.717, 1.165) is 32.8 Å². The quantitative estimate of drug-likeness (QED) is 0.450. The van der Waals surface area contributed by atoms with E-state index in [1.54, 1.807) is 30.3 Å². The van der Waals surface area contributed by atoms with E-state index in [4.69, 9.17) is 13.9 Å². The van der Waals surface area contributed by atoms with Gasteiger partial charge < -0.3 is 28.8 Å². The Morgan fingerprint density at radius 1 is 1.18 bits per heavy atom. The van der Waals surface area contributed by atoms with E-state index in [1.807, 2.05) is 0 Å². The molecule has 0 bridgehead atoms. The van der Waals surface area contributed by atoms with Crippen molar-refractivity contribution in [1.29, 1.82) is 0 Å². The number of aliphatic hydroxyl groups is 1. The highest BCUT2D eigenvalue weighted by atomic mass is 16.5. The average Bonchev–Trinajstić information content (AvgIpc) is 3.47. The van der Waals surface area contributed by atoms with Crippen LogP contribution in [0.15, 0.2) is 58.4 Å². The first kappa shape index (κ1) is 22.8. The number of nitrogens with one attached hydrogen (secondary N) is 1. The summed E-state index contributed by atoms with van der Waals surface area (Å²) in [7, 11) is 1.30. The van der Waals surface area contributed by atoms with E-state index in [-0.39, 0.29) is 11.3 Å². The number of nitrogens with zero attached hydrogens (tertiary/aromatic N) is 1. The molecule has 1 atom stereocenters. The number of amides is 1. The van der Waals surface area contributed by atoms with Gasteiger partial charge in [-0.2, -0.15) is 0 Å². The van der Waals surface area contributed by atoms with Crippen molar-refractivity contribution in [2.24, 2.45) is 0 Å². The summed E-state index contributed by atoms with van der Waals surface area (Å²) in [5.74, 6) is -2.16. The normalized spacial score (nSPS) is 19.2. The van der Waals surface area contributed by atoms with Crippen molar-refractivity contribution in [1.82, 2.24) is 4.90 Å². The Hall–Kier alpha value is -3.43. The standard InChI is InChI=1S/C24H26N2O7/c1-31-24(30)17-7-5-16(6-8-17)20-19(21(27)18-4-2-13-33-18)22(28)23(29)26(20)10-3-9-25-11-14-32-15-12-25/h2,4-8,13,20,28H,3,9-12,14-15H2,1H3/p+1/t20-/m1/s1. The zero-order chi connectivity index (χ0) is 23.4. The zero-order valence-corrected chi connectivity index (χ0v) is 18.4. The molecule has 2 aromatic rings. The molecule has 4 rings (SSSR count). The number of quaternary nitrogens is 1. The Morgan fingerprint density at radius 3 is 2.55 bits per heavy atom. The van der Waals surface area contributed by atoms with Crippen molar-refractivity contribution in [2.75, 3.05) is 46.5 Å². The Morgan fingerprint density at radius 2 is 1.91 bits per heavy atom. The van der Waals surface area contributed by atoms with Crippen molar-refractivity contribution < 1.29 is 38.3 Å². The number of hydrogen-bond acceptors (Lipinski definition) is 7. The molecule has 174 valence electrons. The number of rotatable bonds is 8. The van der Waals surface area contributed by atoms with Crippen LogP contribution in [0.3, 0.4) is 0 Å². The van der Waals surface area contributed by atoms with Gasteiger partial charge in [0, 0.05) is 13.0 Å². The van der Waals surface area contributed by atoms with Crippen LogP contribution in [0.4, 0.5) is 0 Å². The van der Waals surface area contributed by atoms with Crippen LogP contribution in [-0.2, 0) is 14.3 Å². The molecule has 2 aliphatic rings. The minimum atomic E-state index is -0.790. The van der Waals surface area contributed by atoms with Gasteiger partial charge in [-0.05, 0) is 29.8 Å². The molecule has 1 aromatic carbocycles. The maximum Gasteiger partial charge on any atom is 0.337 e. The summed E-state index contributed by atoms with van der Waals surface area (Å²) in [4.78, 5) is 40.9. The van der Waals surface area contributed by atoms with E-state index in [2.05, 4.69) is 0 Å². The Kier molecular flexibility index (Phi) is 6.90. The van der Waals surface area contributed by atoms with Crippen LogP contribution in [0.1, 0.15) is 38.9 Å².